The predicted molar refractivity (Wildman–Crippen MR) is 97.1 cm³/mol. The molecule has 0 aliphatic carbocycles. The number of aromatic nitrogens is 3. The van der Waals surface area contributed by atoms with E-state index in [0.29, 0.717) is 0 Å². The summed E-state index contributed by atoms with van der Waals surface area (Å²) in [5.41, 5.74) is 2.83. The van der Waals surface area contributed by atoms with Crippen molar-refractivity contribution in [2.75, 3.05) is 26.2 Å². The number of nitrogens with zero attached hydrogens (tertiary/aromatic N) is 5. The summed E-state index contributed by atoms with van der Waals surface area (Å²) >= 11 is 1.72. The zero-order valence-electron chi connectivity index (χ0n) is 14.3. The molecule has 1 aliphatic heterocycles. The van der Waals surface area contributed by atoms with Crippen LogP contribution in [0, 0.1) is 6.92 Å². The average Bonchev–Trinajstić information content (AvgIpc) is 3.27. The second-order valence-electron chi connectivity index (χ2n) is 6.30. The molecule has 1 fully saturated rings. The van der Waals surface area contributed by atoms with E-state index in [4.69, 9.17) is 4.52 Å². The molecule has 3 aromatic heterocycles. The molecule has 25 heavy (non-hydrogen) atoms. The van der Waals surface area contributed by atoms with Gasteiger partial charge in [0, 0.05) is 50.4 Å². The van der Waals surface area contributed by atoms with E-state index in [-0.39, 0.29) is 0 Å². The van der Waals surface area contributed by atoms with Gasteiger partial charge in [-0.1, -0.05) is 11.2 Å². The summed E-state index contributed by atoms with van der Waals surface area (Å²) in [4.78, 5) is 13.7. The summed E-state index contributed by atoms with van der Waals surface area (Å²) in [5, 5.41) is 7.45. The molecule has 1 aliphatic rings. The Morgan fingerprint density at radius 2 is 1.88 bits per heavy atom. The minimum Gasteiger partial charge on any atom is -0.359 e. The second-order valence-corrected chi connectivity index (χ2v) is 7.37. The van der Waals surface area contributed by atoms with E-state index in [9.17, 15) is 0 Å². The van der Waals surface area contributed by atoms with Crippen LogP contribution in [0.2, 0.25) is 0 Å². The highest BCUT2D eigenvalue weighted by atomic mass is 32.1. The van der Waals surface area contributed by atoms with Crippen molar-refractivity contribution in [2.45, 2.75) is 20.0 Å². The van der Waals surface area contributed by atoms with Crippen LogP contribution in [0.1, 0.15) is 16.5 Å². The molecular weight excluding hydrogens is 334 g/mol. The van der Waals surface area contributed by atoms with E-state index < -0.39 is 0 Å². The summed E-state index contributed by atoms with van der Waals surface area (Å²) in [7, 11) is 0. The Morgan fingerprint density at radius 1 is 1.08 bits per heavy atom. The van der Waals surface area contributed by atoms with E-state index >= 15 is 0 Å². The first-order valence-electron chi connectivity index (χ1n) is 8.49. The van der Waals surface area contributed by atoms with Crippen LogP contribution in [0.15, 0.2) is 40.4 Å². The van der Waals surface area contributed by atoms with Crippen molar-refractivity contribution in [1.29, 1.82) is 0 Å². The smallest absolute Gasteiger partial charge is 0.151 e. The molecule has 6 nitrogen and oxygen atoms in total. The fourth-order valence-electron chi connectivity index (χ4n) is 3.06. The zero-order chi connectivity index (χ0) is 17.1. The maximum Gasteiger partial charge on any atom is 0.151 e. The van der Waals surface area contributed by atoms with Gasteiger partial charge in [0.25, 0.3) is 0 Å². The molecule has 0 saturated carbocycles. The van der Waals surface area contributed by atoms with Crippen LogP contribution < -0.4 is 0 Å². The number of thiazole rings is 1. The van der Waals surface area contributed by atoms with Crippen LogP contribution >= 0.6 is 11.3 Å². The lowest BCUT2D eigenvalue weighted by atomic mass is 10.2. The molecule has 130 valence electrons. The Kier molecular flexibility index (Phi) is 4.87. The molecule has 0 atom stereocenters. The molecule has 0 unspecified atom stereocenters. The normalized spacial score (nSPS) is 16.4. The minimum atomic E-state index is 0.795. The van der Waals surface area contributed by atoms with Gasteiger partial charge in [-0.15, -0.1) is 11.3 Å². The van der Waals surface area contributed by atoms with Gasteiger partial charge in [-0.2, -0.15) is 0 Å². The van der Waals surface area contributed by atoms with Crippen molar-refractivity contribution in [3.8, 4) is 11.4 Å². The van der Waals surface area contributed by atoms with Gasteiger partial charge in [0.05, 0.1) is 22.9 Å². The first-order valence-corrected chi connectivity index (χ1v) is 9.37. The molecule has 4 rings (SSSR count). The Bertz CT molecular complexity index is 808. The third-order valence-electron chi connectivity index (χ3n) is 4.38. The van der Waals surface area contributed by atoms with Crippen molar-refractivity contribution in [3.63, 3.8) is 0 Å². The molecule has 0 spiro atoms. The number of rotatable bonds is 5. The molecule has 3 aromatic rings. The number of aryl methyl sites for hydroxylation is 1. The van der Waals surface area contributed by atoms with E-state index in [1.807, 2.05) is 24.3 Å². The first-order chi connectivity index (χ1) is 12.3. The maximum absolute atomic E-state index is 5.49. The third-order valence-corrected chi connectivity index (χ3v) is 5.21. The summed E-state index contributed by atoms with van der Waals surface area (Å²) in [5.74, 6) is 0.893. The van der Waals surface area contributed by atoms with Gasteiger partial charge in [-0.05, 0) is 19.1 Å². The second kappa shape index (κ2) is 7.43. The van der Waals surface area contributed by atoms with Gasteiger partial charge in [-0.3, -0.25) is 14.8 Å². The fourth-order valence-corrected chi connectivity index (χ4v) is 3.66. The van der Waals surface area contributed by atoms with Crippen LogP contribution in [0.25, 0.3) is 11.4 Å². The molecule has 1 saturated heterocycles. The lowest BCUT2D eigenvalue weighted by Gasteiger charge is -2.33. The zero-order valence-corrected chi connectivity index (χ0v) is 15.1. The lowest BCUT2D eigenvalue weighted by Crippen LogP contribution is -2.45. The predicted octanol–water partition coefficient (Wildman–Crippen LogP) is 2.82. The van der Waals surface area contributed by atoms with Gasteiger partial charge in [-0.25, -0.2) is 4.98 Å². The molecule has 0 N–H and O–H groups in total. The van der Waals surface area contributed by atoms with Crippen molar-refractivity contribution in [3.05, 3.63) is 52.3 Å². The molecule has 0 radical (unpaired) electrons. The quantitative estimate of drug-likeness (QED) is 0.701. The molecular formula is C18H21N5OS. The Labute approximate surface area is 151 Å². The van der Waals surface area contributed by atoms with Crippen molar-refractivity contribution in [1.82, 2.24) is 24.9 Å². The van der Waals surface area contributed by atoms with Crippen molar-refractivity contribution < 1.29 is 4.52 Å². The van der Waals surface area contributed by atoms with Gasteiger partial charge in [0.15, 0.2) is 5.76 Å². The van der Waals surface area contributed by atoms with Crippen LogP contribution in [0.4, 0.5) is 0 Å². The van der Waals surface area contributed by atoms with Gasteiger partial charge < -0.3 is 4.52 Å². The number of hydrogen-bond donors (Lipinski definition) is 0. The molecule has 0 amide bonds. The molecule has 7 heteroatoms. The Hall–Kier alpha value is -2.09. The Balaban J connectivity index is 1.29. The fraction of sp³-hybridized carbons (Fsp3) is 0.389. The van der Waals surface area contributed by atoms with Crippen LogP contribution in [0.3, 0.4) is 0 Å². The number of hydrogen-bond acceptors (Lipinski definition) is 7. The SMILES string of the molecule is Cc1nc(CN2CCN(Cc3cc(-c4ccccn4)no3)CC2)cs1. The van der Waals surface area contributed by atoms with Gasteiger partial charge >= 0.3 is 0 Å². The minimum absolute atomic E-state index is 0.795. The average molecular weight is 355 g/mol. The number of pyridine rings is 1. The number of piperazine rings is 1. The topological polar surface area (TPSA) is 58.3 Å². The maximum atomic E-state index is 5.49. The molecule has 0 bridgehead atoms. The summed E-state index contributed by atoms with van der Waals surface area (Å²) in [6, 6.07) is 7.80. The summed E-state index contributed by atoms with van der Waals surface area (Å²) < 4.78 is 5.49. The standard InChI is InChI=1S/C18H21N5OS/c1-14-20-15(13-25-14)11-22-6-8-23(9-7-22)12-16-10-18(21-24-16)17-4-2-3-5-19-17/h2-5,10,13H,6-9,11-12H2,1H3. The van der Waals surface area contributed by atoms with Crippen LogP contribution in [-0.4, -0.2) is 51.1 Å². The highest BCUT2D eigenvalue weighted by Crippen LogP contribution is 2.18. The Morgan fingerprint density at radius 3 is 2.56 bits per heavy atom. The third kappa shape index (κ3) is 4.12. The van der Waals surface area contributed by atoms with E-state index in [0.717, 1.165) is 61.4 Å². The van der Waals surface area contributed by atoms with Gasteiger partial charge in [0.2, 0.25) is 0 Å². The van der Waals surface area contributed by atoms with E-state index in [1.165, 1.54) is 5.69 Å². The molecule has 4 heterocycles. The lowest BCUT2D eigenvalue weighted by molar-refractivity contribution is 0.113. The monoisotopic (exact) mass is 355 g/mol. The summed E-state index contributed by atoms with van der Waals surface area (Å²) in [6.07, 6.45) is 1.77. The largest absolute Gasteiger partial charge is 0.359 e. The van der Waals surface area contributed by atoms with E-state index in [1.54, 1.807) is 17.5 Å². The summed E-state index contributed by atoms with van der Waals surface area (Å²) in [6.45, 7) is 7.97. The first kappa shape index (κ1) is 16.4. The van der Waals surface area contributed by atoms with Crippen LogP contribution in [-0.2, 0) is 13.1 Å². The van der Waals surface area contributed by atoms with Crippen LogP contribution in [0.5, 0.6) is 0 Å². The highest BCUT2D eigenvalue weighted by molar-refractivity contribution is 7.09. The van der Waals surface area contributed by atoms with Crippen molar-refractivity contribution in [2.24, 2.45) is 0 Å². The van der Waals surface area contributed by atoms with Gasteiger partial charge in [0.1, 0.15) is 5.69 Å². The molecule has 0 aromatic carbocycles. The van der Waals surface area contributed by atoms with Crippen molar-refractivity contribution >= 4 is 11.3 Å². The highest BCUT2D eigenvalue weighted by Gasteiger charge is 2.19. The van der Waals surface area contributed by atoms with E-state index in [2.05, 4.69) is 37.2 Å².